The summed E-state index contributed by atoms with van der Waals surface area (Å²) in [5.41, 5.74) is 11.4. The van der Waals surface area contributed by atoms with E-state index in [1.54, 1.807) is 0 Å². The molecule has 9 heteroatoms. The van der Waals surface area contributed by atoms with Gasteiger partial charge >= 0.3 is 35.8 Å². The average Bonchev–Trinajstić information content (AvgIpc) is 3.53. The fourth-order valence-corrected chi connectivity index (χ4v) is 4.96. The number of hydrogen-bond acceptors (Lipinski definition) is 4. The zero-order chi connectivity index (χ0) is 27.1. The van der Waals surface area contributed by atoms with Gasteiger partial charge in [-0.15, -0.1) is 22.1 Å². The van der Waals surface area contributed by atoms with Crippen molar-refractivity contribution in [2.75, 3.05) is 0 Å². The van der Waals surface area contributed by atoms with Gasteiger partial charge in [-0.1, -0.05) is 40.5 Å². The molecule has 2 N–H and O–H groups in total. The van der Waals surface area contributed by atoms with Crippen LogP contribution in [-0.2, 0) is 22.4 Å². The van der Waals surface area contributed by atoms with Gasteiger partial charge in [0.25, 0.3) is 0 Å². The molecule has 3 aromatic rings. The predicted octanol–water partition coefficient (Wildman–Crippen LogP) is 4.96. The van der Waals surface area contributed by atoms with Gasteiger partial charge in [0.15, 0.2) is 0 Å². The van der Waals surface area contributed by atoms with Crippen LogP contribution >= 0.6 is 0 Å². The van der Waals surface area contributed by atoms with Crippen molar-refractivity contribution in [1.29, 1.82) is 0 Å². The maximum atomic E-state index is 11.4. The third-order valence-electron chi connectivity index (χ3n) is 7.10. The Morgan fingerprint density at radius 2 is 1.10 bits per heavy atom. The molecule has 2 aliphatic rings. The molecule has 0 aromatic carbocycles. The number of nitrogens with zero attached hydrogens (tertiary/aromatic N) is 4. The van der Waals surface area contributed by atoms with E-state index in [4.69, 9.17) is 19.9 Å². The van der Waals surface area contributed by atoms with Crippen LogP contribution in [0.1, 0.15) is 71.7 Å². The molecule has 0 amide bonds. The molecule has 0 saturated heterocycles. The van der Waals surface area contributed by atoms with E-state index in [9.17, 15) is 19.8 Å². The van der Waals surface area contributed by atoms with Crippen molar-refractivity contribution in [3.63, 3.8) is 0 Å². The number of allylic oxidation sites excluding steroid dienone is 2. The molecule has 196 valence electrons. The van der Waals surface area contributed by atoms with E-state index in [-0.39, 0.29) is 36.7 Å². The normalized spacial score (nSPS) is 12.5. The van der Waals surface area contributed by atoms with Crippen molar-refractivity contribution >= 4 is 81.2 Å². The molecule has 0 spiro atoms. The Morgan fingerprint density at radius 1 is 0.667 bits per heavy atom. The molecule has 8 bridgehead atoms. The molecule has 2 radical (unpaired) electrons. The molecule has 8 nitrogen and oxygen atoms in total. The van der Waals surface area contributed by atoms with Crippen LogP contribution in [0.5, 0.6) is 0 Å². The van der Waals surface area contributed by atoms with Crippen LogP contribution in [0.15, 0.2) is 24.3 Å². The van der Waals surface area contributed by atoms with Gasteiger partial charge in [-0.2, -0.15) is 0 Å². The van der Waals surface area contributed by atoms with E-state index in [0.29, 0.717) is 23.9 Å². The standard InChI is InChI=1S/C30H30N4O4.Sn/c1-15-9-20-12-25-17(3)21(5-7-29(35)36)27(33-25)14-28-22(6-8-30(37)38)18(4)26(34-28)13-24-16(2)10-19(32-24)11-23(15)31-20;/h9-14H,5-8H2,1-4H3,(H4,31,32,33,34,35,36,37,38);/q;+2/p-2. The van der Waals surface area contributed by atoms with Crippen molar-refractivity contribution in [2.24, 2.45) is 0 Å². The first-order valence-electron chi connectivity index (χ1n) is 12.5. The molecule has 2 aliphatic heterocycles. The molecule has 3 aromatic heterocycles. The van der Waals surface area contributed by atoms with E-state index in [0.717, 1.165) is 67.2 Å². The minimum atomic E-state index is -0.882. The number of rotatable bonds is 6. The van der Waals surface area contributed by atoms with Crippen LogP contribution in [0.3, 0.4) is 0 Å². The summed E-state index contributed by atoms with van der Waals surface area (Å²) >= 11 is 0. The summed E-state index contributed by atoms with van der Waals surface area (Å²) in [6.45, 7) is 7.89. The zero-order valence-corrected chi connectivity index (χ0v) is 25.1. The van der Waals surface area contributed by atoms with Crippen LogP contribution in [0.2, 0.25) is 0 Å². The van der Waals surface area contributed by atoms with E-state index in [1.807, 2.05) is 64.1 Å². The number of aromatic nitrogens is 4. The minimum Gasteiger partial charge on any atom is -0.657 e. The fraction of sp³-hybridized carbons (Fsp3) is 0.267. The molecule has 0 unspecified atom stereocenters. The Kier molecular flexibility index (Phi) is 8.15. The molecule has 0 saturated carbocycles. The molecule has 5 heterocycles. The SMILES string of the molecule is CC1=Cc2cc3[n-]c(cc4[n-]c(cc5nc(cc1n2)C=C5C)c(C)c4CCC(=O)O)c(CCC(=O)O)c3C.[Sn+2]. The molecule has 0 fully saturated rings. The van der Waals surface area contributed by atoms with Crippen LogP contribution in [0, 0.1) is 13.8 Å². The average molecular weight is 627 g/mol. The first-order valence-corrected chi connectivity index (χ1v) is 12.5. The van der Waals surface area contributed by atoms with E-state index in [1.165, 1.54) is 0 Å². The van der Waals surface area contributed by atoms with Crippen molar-refractivity contribution in [3.8, 4) is 0 Å². The summed E-state index contributed by atoms with van der Waals surface area (Å²) in [6, 6.07) is 7.66. The Balaban J connectivity index is 0.00000353. The largest absolute Gasteiger partial charge is 2.00 e. The second-order valence-electron chi connectivity index (χ2n) is 9.84. The van der Waals surface area contributed by atoms with Crippen molar-refractivity contribution in [3.05, 3.63) is 69.3 Å². The number of aryl methyl sites for hydroxylation is 4. The second-order valence-corrected chi connectivity index (χ2v) is 9.84. The second kappa shape index (κ2) is 11.2. The quantitative estimate of drug-likeness (QED) is 0.367. The number of carboxylic acids is 2. The predicted molar refractivity (Wildman–Crippen MR) is 153 cm³/mol. The van der Waals surface area contributed by atoms with Gasteiger partial charge < -0.3 is 20.2 Å². The van der Waals surface area contributed by atoms with Crippen molar-refractivity contribution in [2.45, 2.75) is 53.4 Å². The van der Waals surface area contributed by atoms with Crippen molar-refractivity contribution in [1.82, 2.24) is 19.9 Å². The number of aliphatic carboxylic acids is 2. The van der Waals surface area contributed by atoms with Gasteiger partial charge in [-0.25, -0.2) is 9.97 Å². The van der Waals surface area contributed by atoms with Crippen LogP contribution < -0.4 is 9.97 Å². The third kappa shape index (κ3) is 5.85. The van der Waals surface area contributed by atoms with Gasteiger partial charge in [0.2, 0.25) is 0 Å². The number of hydrogen-bond donors (Lipinski definition) is 2. The number of carbonyl (C=O) groups is 2. The minimum absolute atomic E-state index is 0. The number of fused-ring (bicyclic) bond motifs is 8. The van der Waals surface area contributed by atoms with Gasteiger partial charge in [-0.3, -0.25) is 9.59 Å². The van der Waals surface area contributed by atoms with Crippen molar-refractivity contribution < 1.29 is 19.8 Å². The number of carboxylic acid groups (broad SMARTS) is 2. The molecule has 0 aliphatic carbocycles. The first kappa shape index (κ1) is 28.3. The molecule has 5 rings (SSSR count). The summed E-state index contributed by atoms with van der Waals surface area (Å²) in [6.07, 6.45) is 4.61. The maximum absolute atomic E-state index is 11.4. The Labute approximate surface area is 242 Å². The van der Waals surface area contributed by atoms with Crippen LogP contribution in [0.25, 0.3) is 45.4 Å². The van der Waals surface area contributed by atoms with E-state index >= 15 is 0 Å². The maximum Gasteiger partial charge on any atom is 2.00 e. The molecular weight excluding hydrogens is 599 g/mol. The van der Waals surface area contributed by atoms with Gasteiger partial charge in [-0.05, 0) is 69.9 Å². The molecule has 0 atom stereocenters. The Morgan fingerprint density at radius 3 is 1.59 bits per heavy atom. The van der Waals surface area contributed by atoms with E-state index in [2.05, 4.69) is 0 Å². The summed E-state index contributed by atoms with van der Waals surface area (Å²) in [5.74, 6) is -1.76. The first-order chi connectivity index (χ1) is 18.1. The Hall–Kier alpha value is -3.66. The summed E-state index contributed by atoms with van der Waals surface area (Å²) in [5, 5.41) is 18.7. The van der Waals surface area contributed by atoms with Crippen LogP contribution in [-0.4, -0.2) is 56.0 Å². The van der Waals surface area contributed by atoms with Gasteiger partial charge in [0, 0.05) is 12.8 Å². The summed E-state index contributed by atoms with van der Waals surface area (Å²) in [4.78, 5) is 42.2. The summed E-state index contributed by atoms with van der Waals surface area (Å²) < 4.78 is 0. The monoisotopic (exact) mass is 628 g/mol. The van der Waals surface area contributed by atoms with E-state index < -0.39 is 11.9 Å². The zero-order valence-electron chi connectivity index (χ0n) is 22.3. The van der Waals surface area contributed by atoms with Crippen LogP contribution in [0.4, 0.5) is 0 Å². The summed E-state index contributed by atoms with van der Waals surface area (Å²) in [7, 11) is 0. The topological polar surface area (TPSA) is 129 Å². The molecule has 39 heavy (non-hydrogen) atoms. The fourth-order valence-electron chi connectivity index (χ4n) is 4.96. The van der Waals surface area contributed by atoms with Gasteiger partial charge in [0.1, 0.15) is 0 Å². The Bertz CT molecular complexity index is 1730. The molecular formula is C30H28N4O4Sn. The van der Waals surface area contributed by atoms with Gasteiger partial charge in [0.05, 0.1) is 22.8 Å². The smallest absolute Gasteiger partial charge is 0.657 e. The third-order valence-corrected chi connectivity index (χ3v) is 7.10.